The zero-order chi connectivity index (χ0) is 15.3. The van der Waals surface area contributed by atoms with Gasteiger partial charge in [0.05, 0.1) is 18.5 Å². The van der Waals surface area contributed by atoms with Crippen LogP contribution in [0.2, 0.25) is 0 Å². The fourth-order valence-electron chi connectivity index (χ4n) is 5.51. The summed E-state index contributed by atoms with van der Waals surface area (Å²) in [7, 11) is -3.41. The summed E-state index contributed by atoms with van der Waals surface area (Å²) >= 11 is 0. The van der Waals surface area contributed by atoms with Gasteiger partial charge < -0.3 is 9.47 Å². The van der Waals surface area contributed by atoms with Crippen LogP contribution in [0.5, 0.6) is 0 Å². The standard InChI is InChI=1S/C16H26O5S/c1-22(17,18)21-13-9-11-6-5-10-8-12(16(13)15(10)11)20-14-4-2-3-7-19-14/h10-16H,2-9H2,1H3/t10-,11+,12+,13-,14-,15+,16-/m1/s1. The van der Waals surface area contributed by atoms with Crippen LogP contribution in [0.25, 0.3) is 0 Å². The van der Waals surface area contributed by atoms with E-state index in [0.29, 0.717) is 17.8 Å². The fraction of sp³-hybridized carbons (Fsp3) is 1.00. The second kappa shape index (κ2) is 5.72. The maximum absolute atomic E-state index is 11.6. The van der Waals surface area contributed by atoms with Crippen LogP contribution in [0.15, 0.2) is 0 Å². The van der Waals surface area contributed by atoms with E-state index in [9.17, 15) is 8.42 Å². The monoisotopic (exact) mass is 330 g/mol. The Morgan fingerprint density at radius 2 is 1.68 bits per heavy atom. The van der Waals surface area contributed by atoms with Crippen LogP contribution >= 0.6 is 0 Å². The molecular weight excluding hydrogens is 304 g/mol. The first-order valence-electron chi connectivity index (χ1n) is 8.66. The molecule has 0 N–H and O–H groups in total. The van der Waals surface area contributed by atoms with E-state index in [2.05, 4.69) is 0 Å². The van der Waals surface area contributed by atoms with Crippen LogP contribution in [0, 0.1) is 23.7 Å². The third-order valence-electron chi connectivity index (χ3n) is 6.13. The molecule has 1 aliphatic heterocycles. The first-order valence-corrected chi connectivity index (χ1v) is 10.5. The van der Waals surface area contributed by atoms with Crippen LogP contribution in [0.3, 0.4) is 0 Å². The average Bonchev–Trinajstić information content (AvgIpc) is 3.07. The number of hydrogen-bond acceptors (Lipinski definition) is 5. The molecule has 126 valence electrons. The number of hydrogen-bond donors (Lipinski definition) is 0. The van der Waals surface area contributed by atoms with Crippen molar-refractivity contribution in [1.29, 1.82) is 0 Å². The second-order valence-electron chi connectivity index (χ2n) is 7.53. The van der Waals surface area contributed by atoms with E-state index in [-0.39, 0.29) is 24.4 Å². The van der Waals surface area contributed by atoms with Crippen LogP contribution in [0.1, 0.15) is 44.9 Å². The lowest BCUT2D eigenvalue weighted by atomic mass is 9.92. The lowest BCUT2D eigenvalue weighted by Crippen LogP contribution is -2.36. The zero-order valence-electron chi connectivity index (χ0n) is 13.1. The minimum Gasteiger partial charge on any atom is -0.353 e. The molecular formula is C16H26O5S. The van der Waals surface area contributed by atoms with E-state index in [1.54, 1.807) is 0 Å². The Morgan fingerprint density at radius 1 is 0.955 bits per heavy atom. The van der Waals surface area contributed by atoms with Crippen molar-refractivity contribution in [3.8, 4) is 0 Å². The minimum atomic E-state index is -3.41. The lowest BCUT2D eigenvalue weighted by Gasteiger charge is -2.30. The van der Waals surface area contributed by atoms with Gasteiger partial charge in [-0.1, -0.05) is 0 Å². The molecule has 22 heavy (non-hydrogen) atoms. The summed E-state index contributed by atoms with van der Waals surface area (Å²) in [5, 5.41) is 0. The smallest absolute Gasteiger partial charge is 0.264 e. The first-order chi connectivity index (χ1) is 10.5. The highest BCUT2D eigenvalue weighted by molar-refractivity contribution is 7.86. The third-order valence-corrected chi connectivity index (χ3v) is 6.73. The molecule has 0 amide bonds. The highest BCUT2D eigenvalue weighted by Gasteiger charge is 2.59. The van der Waals surface area contributed by atoms with E-state index in [1.807, 2.05) is 0 Å². The Balaban J connectivity index is 1.50. The second-order valence-corrected chi connectivity index (χ2v) is 9.13. The van der Waals surface area contributed by atoms with Crippen molar-refractivity contribution in [2.45, 2.75) is 63.4 Å². The van der Waals surface area contributed by atoms with Crippen molar-refractivity contribution in [2.75, 3.05) is 12.9 Å². The van der Waals surface area contributed by atoms with Crippen molar-refractivity contribution in [2.24, 2.45) is 23.7 Å². The molecule has 5 nitrogen and oxygen atoms in total. The Bertz CT molecular complexity index is 513. The van der Waals surface area contributed by atoms with Gasteiger partial charge in [0.2, 0.25) is 0 Å². The molecule has 4 rings (SSSR count). The van der Waals surface area contributed by atoms with Crippen LogP contribution in [-0.4, -0.2) is 39.8 Å². The summed E-state index contributed by atoms with van der Waals surface area (Å²) in [6, 6.07) is 0. The summed E-state index contributed by atoms with van der Waals surface area (Å²) in [5.41, 5.74) is 0. The maximum atomic E-state index is 11.6. The zero-order valence-corrected chi connectivity index (χ0v) is 14.0. The summed E-state index contributed by atoms with van der Waals surface area (Å²) in [5.74, 6) is 2.15. The molecule has 0 spiro atoms. The topological polar surface area (TPSA) is 61.8 Å². The predicted molar refractivity (Wildman–Crippen MR) is 80.6 cm³/mol. The summed E-state index contributed by atoms with van der Waals surface area (Å²) in [6.45, 7) is 0.779. The van der Waals surface area contributed by atoms with Gasteiger partial charge in [-0.25, -0.2) is 0 Å². The Labute approximate surface area is 132 Å². The van der Waals surface area contributed by atoms with Gasteiger partial charge in [-0.05, 0) is 62.7 Å². The van der Waals surface area contributed by atoms with E-state index in [0.717, 1.165) is 45.0 Å². The summed E-state index contributed by atoms with van der Waals surface area (Å²) < 4.78 is 40.6. The van der Waals surface area contributed by atoms with Crippen molar-refractivity contribution in [1.82, 2.24) is 0 Å². The van der Waals surface area contributed by atoms with Gasteiger partial charge in [-0.2, -0.15) is 8.42 Å². The highest BCUT2D eigenvalue weighted by atomic mass is 32.2. The number of ether oxygens (including phenoxy) is 2. The van der Waals surface area contributed by atoms with Gasteiger partial charge >= 0.3 is 0 Å². The molecule has 1 saturated heterocycles. The quantitative estimate of drug-likeness (QED) is 0.740. The van der Waals surface area contributed by atoms with E-state index >= 15 is 0 Å². The third kappa shape index (κ3) is 2.83. The van der Waals surface area contributed by atoms with Crippen molar-refractivity contribution in [3.05, 3.63) is 0 Å². The van der Waals surface area contributed by atoms with Gasteiger partial charge in [0, 0.05) is 12.5 Å². The largest absolute Gasteiger partial charge is 0.353 e. The highest BCUT2D eigenvalue weighted by Crippen LogP contribution is 2.60. The van der Waals surface area contributed by atoms with Crippen molar-refractivity contribution < 1.29 is 22.1 Å². The molecule has 0 aromatic heterocycles. The molecule has 7 atom stereocenters. The molecule has 4 fully saturated rings. The Morgan fingerprint density at radius 3 is 2.32 bits per heavy atom. The number of rotatable bonds is 4. The molecule has 4 aliphatic rings. The van der Waals surface area contributed by atoms with Crippen LogP contribution < -0.4 is 0 Å². The van der Waals surface area contributed by atoms with Crippen molar-refractivity contribution >= 4 is 10.1 Å². The molecule has 0 radical (unpaired) electrons. The molecule has 3 saturated carbocycles. The van der Waals surface area contributed by atoms with Crippen LogP contribution in [-0.2, 0) is 23.8 Å². The predicted octanol–water partition coefficient (Wildman–Crippen LogP) is 2.31. The van der Waals surface area contributed by atoms with Gasteiger partial charge in [-0.3, -0.25) is 4.18 Å². The van der Waals surface area contributed by atoms with Gasteiger partial charge in [0.15, 0.2) is 6.29 Å². The molecule has 0 aromatic rings. The maximum Gasteiger partial charge on any atom is 0.264 e. The molecule has 0 bridgehead atoms. The van der Waals surface area contributed by atoms with Gasteiger partial charge in [0.1, 0.15) is 0 Å². The van der Waals surface area contributed by atoms with E-state index < -0.39 is 10.1 Å². The molecule has 1 heterocycles. The summed E-state index contributed by atoms with van der Waals surface area (Å²) in [4.78, 5) is 0. The van der Waals surface area contributed by atoms with Gasteiger partial charge in [-0.15, -0.1) is 0 Å². The normalized spacial score (nSPS) is 47.8. The minimum absolute atomic E-state index is 0.101. The molecule has 6 heteroatoms. The Hall–Kier alpha value is -0.170. The molecule has 0 unspecified atom stereocenters. The first kappa shape index (κ1) is 15.4. The van der Waals surface area contributed by atoms with E-state index in [1.165, 1.54) is 12.8 Å². The summed E-state index contributed by atoms with van der Waals surface area (Å²) in [6.07, 6.45) is 8.62. The van der Waals surface area contributed by atoms with Crippen LogP contribution in [0.4, 0.5) is 0 Å². The SMILES string of the molecule is CS(=O)(=O)O[C@@H]1C[C@@H]2CC[C@@H]3C[C@H](O[C@@H]4CCCCO4)[C@H]1[C@@H]32. The van der Waals surface area contributed by atoms with E-state index in [4.69, 9.17) is 13.7 Å². The molecule has 0 aromatic carbocycles. The van der Waals surface area contributed by atoms with Gasteiger partial charge in [0.25, 0.3) is 10.1 Å². The Kier molecular flexibility index (Phi) is 4.00. The lowest BCUT2D eigenvalue weighted by molar-refractivity contribution is -0.199. The fourth-order valence-corrected chi connectivity index (χ4v) is 6.17. The van der Waals surface area contributed by atoms with Crippen molar-refractivity contribution in [3.63, 3.8) is 0 Å². The average molecular weight is 330 g/mol. The molecule has 3 aliphatic carbocycles.